The molecule has 0 saturated heterocycles. The molecule has 0 atom stereocenters. The Morgan fingerprint density at radius 3 is 2.75 bits per heavy atom. The quantitative estimate of drug-likeness (QED) is 0.457. The first kappa shape index (κ1) is 15.3. The van der Waals surface area contributed by atoms with Crippen molar-refractivity contribution in [3.63, 3.8) is 0 Å². The van der Waals surface area contributed by atoms with Gasteiger partial charge in [0.2, 0.25) is 5.91 Å². The third kappa shape index (κ3) is 9.85. The van der Waals surface area contributed by atoms with Crippen molar-refractivity contribution in [2.24, 2.45) is 5.73 Å². The van der Waals surface area contributed by atoms with E-state index in [1.807, 2.05) is 11.9 Å². The molecular formula is C10H23N3O3. The Kier molecular flexibility index (Phi) is 10.3. The topological polar surface area (TPSA) is 76.8 Å². The second kappa shape index (κ2) is 10.8. The van der Waals surface area contributed by atoms with E-state index in [4.69, 9.17) is 15.2 Å². The maximum Gasteiger partial charge on any atom is 0.234 e. The lowest BCUT2D eigenvalue weighted by atomic mass is 10.5. The van der Waals surface area contributed by atoms with Crippen molar-refractivity contribution in [1.29, 1.82) is 0 Å². The molecule has 3 N–H and O–H groups in total. The molecule has 96 valence electrons. The number of methoxy groups -OCH3 is 1. The van der Waals surface area contributed by atoms with Gasteiger partial charge >= 0.3 is 0 Å². The zero-order valence-corrected chi connectivity index (χ0v) is 10.2. The Labute approximate surface area is 97.1 Å². The van der Waals surface area contributed by atoms with Gasteiger partial charge < -0.3 is 20.5 Å². The molecule has 0 aromatic heterocycles. The molecule has 0 bridgehead atoms. The van der Waals surface area contributed by atoms with Crippen LogP contribution in [0.4, 0.5) is 0 Å². The highest BCUT2D eigenvalue weighted by atomic mass is 16.5. The first-order valence-electron chi connectivity index (χ1n) is 5.42. The fourth-order valence-corrected chi connectivity index (χ4v) is 1.08. The average Bonchev–Trinajstić information content (AvgIpc) is 2.25. The minimum Gasteiger partial charge on any atom is -0.383 e. The summed E-state index contributed by atoms with van der Waals surface area (Å²) in [5, 5.41) is 2.75. The van der Waals surface area contributed by atoms with Crippen molar-refractivity contribution in [2.45, 2.75) is 0 Å². The number of nitrogens with two attached hydrogens (primary N) is 1. The van der Waals surface area contributed by atoms with Crippen molar-refractivity contribution in [3.8, 4) is 0 Å². The number of amides is 1. The van der Waals surface area contributed by atoms with Crippen LogP contribution in [0.3, 0.4) is 0 Å². The molecule has 0 aliphatic heterocycles. The third-order valence-corrected chi connectivity index (χ3v) is 1.92. The van der Waals surface area contributed by atoms with E-state index in [1.165, 1.54) is 0 Å². The van der Waals surface area contributed by atoms with Gasteiger partial charge in [0.15, 0.2) is 0 Å². The third-order valence-electron chi connectivity index (χ3n) is 1.92. The summed E-state index contributed by atoms with van der Waals surface area (Å²) in [6.07, 6.45) is 0. The van der Waals surface area contributed by atoms with Gasteiger partial charge in [0.05, 0.1) is 26.4 Å². The number of hydrogen-bond donors (Lipinski definition) is 2. The van der Waals surface area contributed by atoms with Crippen LogP contribution in [0.2, 0.25) is 0 Å². The fraction of sp³-hybridized carbons (Fsp3) is 0.900. The first-order valence-corrected chi connectivity index (χ1v) is 5.42. The monoisotopic (exact) mass is 233 g/mol. The predicted molar refractivity (Wildman–Crippen MR) is 62.3 cm³/mol. The maximum absolute atomic E-state index is 11.3. The summed E-state index contributed by atoms with van der Waals surface area (Å²) in [7, 11) is 3.48. The molecular weight excluding hydrogens is 210 g/mol. The molecule has 1 amide bonds. The highest BCUT2D eigenvalue weighted by Gasteiger charge is 2.05. The van der Waals surface area contributed by atoms with Crippen LogP contribution in [-0.4, -0.2) is 71.0 Å². The first-order chi connectivity index (χ1) is 7.70. The summed E-state index contributed by atoms with van der Waals surface area (Å²) >= 11 is 0. The lowest BCUT2D eigenvalue weighted by molar-refractivity contribution is -0.122. The number of nitrogens with one attached hydrogen (secondary N) is 1. The summed E-state index contributed by atoms with van der Waals surface area (Å²) in [6, 6.07) is 0. The summed E-state index contributed by atoms with van der Waals surface area (Å²) in [5.74, 6) is -0.00150. The largest absolute Gasteiger partial charge is 0.383 e. The van der Waals surface area contributed by atoms with Gasteiger partial charge in [-0.05, 0) is 7.05 Å². The lowest BCUT2D eigenvalue weighted by Crippen LogP contribution is -2.38. The highest BCUT2D eigenvalue weighted by molar-refractivity contribution is 5.77. The number of ether oxygens (including phenoxy) is 2. The van der Waals surface area contributed by atoms with E-state index in [-0.39, 0.29) is 5.91 Å². The van der Waals surface area contributed by atoms with Gasteiger partial charge in [0, 0.05) is 26.7 Å². The Morgan fingerprint density at radius 1 is 1.38 bits per heavy atom. The lowest BCUT2D eigenvalue weighted by Gasteiger charge is -2.15. The summed E-state index contributed by atoms with van der Waals surface area (Å²) < 4.78 is 10.0. The standard InChI is InChI=1S/C10H23N3O3/c1-13(5-8-16-6-3-11)9-10(14)12-4-7-15-2/h3-9,11H2,1-2H3,(H,12,14). The Bertz CT molecular complexity index is 179. The van der Waals surface area contributed by atoms with Gasteiger partial charge in [0.1, 0.15) is 0 Å². The molecule has 0 heterocycles. The molecule has 0 spiro atoms. The van der Waals surface area contributed by atoms with Crippen molar-refractivity contribution >= 4 is 5.91 Å². The van der Waals surface area contributed by atoms with Crippen molar-refractivity contribution in [3.05, 3.63) is 0 Å². The molecule has 0 aromatic carbocycles. The Hall–Kier alpha value is -0.690. The average molecular weight is 233 g/mol. The van der Waals surface area contributed by atoms with E-state index in [1.54, 1.807) is 7.11 Å². The zero-order chi connectivity index (χ0) is 12.2. The van der Waals surface area contributed by atoms with E-state index in [0.717, 1.165) is 6.54 Å². The molecule has 0 radical (unpaired) electrons. The van der Waals surface area contributed by atoms with Crippen LogP contribution in [0, 0.1) is 0 Å². The minimum absolute atomic E-state index is 0.00150. The highest BCUT2D eigenvalue weighted by Crippen LogP contribution is 1.83. The maximum atomic E-state index is 11.3. The Morgan fingerprint density at radius 2 is 2.12 bits per heavy atom. The second-order valence-corrected chi connectivity index (χ2v) is 3.48. The zero-order valence-electron chi connectivity index (χ0n) is 10.2. The van der Waals surface area contributed by atoms with E-state index in [9.17, 15) is 4.79 Å². The Balaban J connectivity index is 3.39. The fourth-order valence-electron chi connectivity index (χ4n) is 1.08. The molecule has 0 fully saturated rings. The van der Waals surface area contributed by atoms with Crippen LogP contribution >= 0.6 is 0 Å². The number of carbonyl (C=O) groups is 1. The molecule has 16 heavy (non-hydrogen) atoms. The van der Waals surface area contributed by atoms with Gasteiger partial charge in [-0.15, -0.1) is 0 Å². The van der Waals surface area contributed by atoms with E-state index in [2.05, 4.69) is 5.32 Å². The number of carbonyl (C=O) groups excluding carboxylic acids is 1. The summed E-state index contributed by atoms with van der Waals surface area (Å²) in [4.78, 5) is 13.2. The molecule has 0 saturated carbocycles. The smallest absolute Gasteiger partial charge is 0.234 e. The SMILES string of the molecule is COCCNC(=O)CN(C)CCOCCN. The summed E-state index contributed by atoms with van der Waals surface area (Å²) in [6.45, 7) is 3.86. The molecule has 6 heteroatoms. The van der Waals surface area contributed by atoms with Gasteiger partial charge in [-0.3, -0.25) is 9.69 Å². The van der Waals surface area contributed by atoms with Crippen molar-refractivity contribution in [2.75, 3.05) is 60.2 Å². The van der Waals surface area contributed by atoms with Gasteiger partial charge in [0.25, 0.3) is 0 Å². The van der Waals surface area contributed by atoms with Crippen LogP contribution in [-0.2, 0) is 14.3 Å². The number of nitrogens with zero attached hydrogens (tertiary/aromatic N) is 1. The molecule has 0 rings (SSSR count). The van der Waals surface area contributed by atoms with E-state index in [0.29, 0.717) is 39.5 Å². The van der Waals surface area contributed by atoms with Crippen molar-refractivity contribution in [1.82, 2.24) is 10.2 Å². The van der Waals surface area contributed by atoms with Crippen LogP contribution in [0.1, 0.15) is 0 Å². The molecule has 0 aliphatic carbocycles. The van der Waals surface area contributed by atoms with Gasteiger partial charge in [-0.25, -0.2) is 0 Å². The van der Waals surface area contributed by atoms with Crippen LogP contribution in [0.25, 0.3) is 0 Å². The van der Waals surface area contributed by atoms with Crippen LogP contribution in [0.15, 0.2) is 0 Å². The second-order valence-electron chi connectivity index (χ2n) is 3.48. The van der Waals surface area contributed by atoms with Crippen LogP contribution < -0.4 is 11.1 Å². The van der Waals surface area contributed by atoms with E-state index >= 15 is 0 Å². The number of likely N-dealkylation sites (N-methyl/N-ethyl adjacent to an activating group) is 1. The molecule has 0 aromatic rings. The molecule has 6 nitrogen and oxygen atoms in total. The minimum atomic E-state index is -0.00150. The normalized spacial score (nSPS) is 10.8. The summed E-state index contributed by atoms with van der Waals surface area (Å²) in [5.41, 5.74) is 5.28. The van der Waals surface area contributed by atoms with Gasteiger partial charge in [-0.2, -0.15) is 0 Å². The van der Waals surface area contributed by atoms with E-state index < -0.39 is 0 Å². The van der Waals surface area contributed by atoms with Gasteiger partial charge in [-0.1, -0.05) is 0 Å². The van der Waals surface area contributed by atoms with Crippen molar-refractivity contribution < 1.29 is 14.3 Å². The van der Waals surface area contributed by atoms with Crippen LogP contribution in [0.5, 0.6) is 0 Å². The number of hydrogen-bond acceptors (Lipinski definition) is 5. The molecule has 0 aliphatic rings. The number of rotatable bonds is 10. The predicted octanol–water partition coefficient (Wildman–Crippen LogP) is -1.34. The molecule has 0 unspecified atom stereocenters.